The molecule has 0 radical (unpaired) electrons. The monoisotopic (exact) mass is 301 g/mol. The van der Waals surface area contributed by atoms with Crippen LogP contribution >= 0.6 is 0 Å². The molecule has 0 atom stereocenters. The van der Waals surface area contributed by atoms with E-state index in [0.717, 1.165) is 16.9 Å². The van der Waals surface area contributed by atoms with E-state index in [0.29, 0.717) is 24.7 Å². The van der Waals surface area contributed by atoms with Gasteiger partial charge in [0, 0.05) is 19.5 Å². The Bertz CT molecular complexity index is 666. The first-order valence-electron chi connectivity index (χ1n) is 6.99. The zero-order valence-electron chi connectivity index (χ0n) is 12.9. The van der Waals surface area contributed by atoms with Crippen LogP contribution in [0.4, 0.5) is 5.82 Å². The highest BCUT2D eigenvalue weighted by molar-refractivity contribution is 5.86. The van der Waals surface area contributed by atoms with Crippen LogP contribution in [-0.4, -0.2) is 34.7 Å². The fourth-order valence-electron chi connectivity index (χ4n) is 2.12. The number of nitrogens with zero attached hydrogens (tertiary/aromatic N) is 2. The van der Waals surface area contributed by atoms with Crippen molar-refractivity contribution in [2.24, 2.45) is 0 Å². The average Bonchev–Trinajstić information content (AvgIpc) is 2.49. The van der Waals surface area contributed by atoms with Crippen LogP contribution in [0.1, 0.15) is 27.4 Å². The summed E-state index contributed by atoms with van der Waals surface area (Å²) in [7, 11) is 1.69. The summed E-state index contributed by atoms with van der Waals surface area (Å²) in [6, 6.07) is 7.36. The first kappa shape index (κ1) is 15.8. The maximum absolute atomic E-state index is 11.1. The minimum Gasteiger partial charge on any atom is -0.493 e. The van der Waals surface area contributed by atoms with Gasteiger partial charge in [0.05, 0.1) is 6.61 Å². The van der Waals surface area contributed by atoms with Gasteiger partial charge < -0.3 is 15.2 Å². The number of hydrogen-bond donors (Lipinski definition) is 2. The lowest BCUT2D eigenvalue weighted by Crippen LogP contribution is -2.11. The predicted octanol–water partition coefficient (Wildman–Crippen LogP) is 2.45. The molecule has 6 heteroatoms. The van der Waals surface area contributed by atoms with Gasteiger partial charge in [-0.15, -0.1) is 0 Å². The summed E-state index contributed by atoms with van der Waals surface area (Å²) in [5, 5.41) is 11.9. The quantitative estimate of drug-likeness (QED) is 0.852. The Morgan fingerprint density at radius 3 is 2.55 bits per heavy atom. The van der Waals surface area contributed by atoms with Crippen molar-refractivity contribution in [3.8, 4) is 5.75 Å². The molecular weight excluding hydrogens is 282 g/mol. The molecule has 2 N–H and O–H groups in total. The number of benzene rings is 1. The van der Waals surface area contributed by atoms with Gasteiger partial charge in [-0.2, -0.15) is 0 Å². The highest BCUT2D eigenvalue weighted by Crippen LogP contribution is 2.22. The van der Waals surface area contributed by atoms with E-state index in [1.807, 2.05) is 32.0 Å². The summed E-state index contributed by atoms with van der Waals surface area (Å²) >= 11 is 0. The van der Waals surface area contributed by atoms with Gasteiger partial charge in [-0.25, -0.2) is 14.8 Å². The van der Waals surface area contributed by atoms with Crippen molar-refractivity contribution < 1.29 is 14.6 Å². The highest BCUT2D eigenvalue weighted by atomic mass is 16.5. The lowest BCUT2D eigenvalue weighted by Gasteiger charge is -2.12. The first-order valence-corrected chi connectivity index (χ1v) is 6.99. The number of aromatic carboxylic acids is 1. The molecule has 0 unspecified atom stereocenters. The van der Waals surface area contributed by atoms with Crippen LogP contribution in [0.15, 0.2) is 24.3 Å². The second kappa shape index (κ2) is 6.89. The molecule has 116 valence electrons. The van der Waals surface area contributed by atoms with Crippen molar-refractivity contribution in [1.82, 2.24) is 9.97 Å². The van der Waals surface area contributed by atoms with Crippen molar-refractivity contribution in [3.63, 3.8) is 0 Å². The summed E-state index contributed by atoms with van der Waals surface area (Å²) in [5.41, 5.74) is 2.11. The standard InChI is InChI=1S/C16H19N3O3/c1-10-5-4-6-11(2)15(10)22-8-7-13-18-12(16(20)21)9-14(17-3)19-13/h4-6,9H,7-8H2,1-3H3,(H,20,21)(H,17,18,19). The van der Waals surface area contributed by atoms with Gasteiger partial charge in [0.25, 0.3) is 0 Å². The van der Waals surface area contributed by atoms with Gasteiger partial charge in [-0.1, -0.05) is 18.2 Å². The molecule has 1 aromatic heterocycles. The van der Waals surface area contributed by atoms with E-state index in [9.17, 15) is 4.79 Å². The van der Waals surface area contributed by atoms with Crippen LogP contribution in [0.5, 0.6) is 5.75 Å². The van der Waals surface area contributed by atoms with Crippen LogP contribution in [-0.2, 0) is 6.42 Å². The molecule has 0 saturated heterocycles. The van der Waals surface area contributed by atoms with Crippen LogP contribution in [0.3, 0.4) is 0 Å². The number of para-hydroxylation sites is 1. The van der Waals surface area contributed by atoms with Gasteiger partial charge in [-0.3, -0.25) is 0 Å². The molecule has 0 bridgehead atoms. The van der Waals surface area contributed by atoms with Crippen LogP contribution in [0.25, 0.3) is 0 Å². The molecule has 22 heavy (non-hydrogen) atoms. The molecule has 0 amide bonds. The number of aromatic nitrogens is 2. The van der Waals surface area contributed by atoms with Crippen LogP contribution in [0.2, 0.25) is 0 Å². The highest BCUT2D eigenvalue weighted by Gasteiger charge is 2.10. The van der Waals surface area contributed by atoms with Crippen molar-refractivity contribution in [3.05, 3.63) is 46.9 Å². The summed E-state index contributed by atoms with van der Waals surface area (Å²) in [5.74, 6) is 0.700. The molecule has 6 nitrogen and oxygen atoms in total. The Morgan fingerprint density at radius 2 is 1.95 bits per heavy atom. The average molecular weight is 301 g/mol. The smallest absolute Gasteiger partial charge is 0.354 e. The lowest BCUT2D eigenvalue weighted by molar-refractivity contribution is 0.0690. The maximum atomic E-state index is 11.1. The number of hydrogen-bond acceptors (Lipinski definition) is 5. The molecule has 1 heterocycles. The lowest BCUT2D eigenvalue weighted by atomic mass is 10.1. The number of carboxylic acids is 1. The van der Waals surface area contributed by atoms with E-state index < -0.39 is 5.97 Å². The fraction of sp³-hybridized carbons (Fsp3) is 0.312. The third kappa shape index (κ3) is 3.72. The van der Waals surface area contributed by atoms with Crippen molar-refractivity contribution in [2.45, 2.75) is 20.3 Å². The van der Waals surface area contributed by atoms with Crippen LogP contribution in [0, 0.1) is 13.8 Å². The molecule has 0 fully saturated rings. The number of carboxylic acid groups (broad SMARTS) is 1. The molecule has 2 aromatic rings. The minimum absolute atomic E-state index is 0.0265. The van der Waals surface area contributed by atoms with E-state index in [2.05, 4.69) is 15.3 Å². The third-order valence-corrected chi connectivity index (χ3v) is 3.23. The predicted molar refractivity (Wildman–Crippen MR) is 83.7 cm³/mol. The molecule has 0 aliphatic carbocycles. The number of aryl methyl sites for hydroxylation is 2. The van der Waals surface area contributed by atoms with E-state index in [-0.39, 0.29) is 5.69 Å². The maximum Gasteiger partial charge on any atom is 0.354 e. The van der Waals surface area contributed by atoms with Gasteiger partial charge >= 0.3 is 5.97 Å². The fourth-order valence-corrected chi connectivity index (χ4v) is 2.12. The van der Waals surface area contributed by atoms with Gasteiger partial charge in [-0.05, 0) is 25.0 Å². The Morgan fingerprint density at radius 1 is 1.27 bits per heavy atom. The SMILES string of the molecule is CNc1cc(C(=O)O)nc(CCOc2c(C)cccc2C)n1. The van der Waals surface area contributed by atoms with E-state index in [4.69, 9.17) is 9.84 Å². The largest absolute Gasteiger partial charge is 0.493 e. The van der Waals surface area contributed by atoms with Crippen molar-refractivity contribution >= 4 is 11.8 Å². The zero-order chi connectivity index (χ0) is 16.1. The number of rotatable bonds is 6. The van der Waals surface area contributed by atoms with E-state index >= 15 is 0 Å². The third-order valence-electron chi connectivity index (χ3n) is 3.23. The van der Waals surface area contributed by atoms with Gasteiger partial charge in [0.2, 0.25) is 0 Å². The minimum atomic E-state index is -1.07. The Labute approximate surface area is 129 Å². The number of nitrogens with one attached hydrogen (secondary N) is 1. The van der Waals surface area contributed by atoms with E-state index in [1.165, 1.54) is 6.07 Å². The topological polar surface area (TPSA) is 84.3 Å². The second-order valence-electron chi connectivity index (χ2n) is 4.93. The zero-order valence-corrected chi connectivity index (χ0v) is 12.9. The Hall–Kier alpha value is -2.63. The molecular formula is C16H19N3O3. The van der Waals surface area contributed by atoms with Crippen molar-refractivity contribution in [2.75, 3.05) is 19.0 Å². The van der Waals surface area contributed by atoms with Gasteiger partial charge in [0.15, 0.2) is 5.69 Å². The summed E-state index contributed by atoms with van der Waals surface area (Å²) in [6.45, 7) is 4.36. The summed E-state index contributed by atoms with van der Waals surface area (Å²) in [6.07, 6.45) is 0.434. The summed E-state index contributed by atoms with van der Waals surface area (Å²) in [4.78, 5) is 19.3. The molecule has 0 spiro atoms. The second-order valence-corrected chi connectivity index (χ2v) is 4.93. The molecule has 0 aliphatic rings. The van der Waals surface area contributed by atoms with Crippen LogP contribution < -0.4 is 10.1 Å². The summed E-state index contributed by atoms with van der Waals surface area (Å²) < 4.78 is 5.80. The first-order chi connectivity index (χ1) is 10.5. The molecule has 0 saturated carbocycles. The Balaban J connectivity index is 2.08. The van der Waals surface area contributed by atoms with Gasteiger partial charge in [0.1, 0.15) is 17.4 Å². The molecule has 1 aromatic carbocycles. The normalized spacial score (nSPS) is 10.3. The number of carbonyl (C=O) groups is 1. The Kier molecular flexibility index (Phi) is 4.93. The number of anilines is 1. The van der Waals surface area contributed by atoms with E-state index in [1.54, 1.807) is 7.05 Å². The molecule has 2 rings (SSSR count). The molecule has 0 aliphatic heterocycles. The van der Waals surface area contributed by atoms with Crippen molar-refractivity contribution in [1.29, 1.82) is 0 Å². The number of ether oxygens (including phenoxy) is 1.